The zero-order valence-corrected chi connectivity index (χ0v) is 10.2. The molecule has 3 rings (SSSR count). The van der Waals surface area contributed by atoms with E-state index in [0.717, 1.165) is 17.7 Å². The Labute approximate surface area is 110 Å². The first-order valence-electron chi connectivity index (χ1n) is 6.02. The lowest BCUT2D eigenvalue weighted by atomic mass is 10.2. The van der Waals surface area contributed by atoms with E-state index in [9.17, 15) is 0 Å². The Morgan fingerprint density at radius 2 is 2.05 bits per heavy atom. The summed E-state index contributed by atoms with van der Waals surface area (Å²) in [4.78, 5) is 4.35. The molecule has 0 atom stereocenters. The van der Waals surface area contributed by atoms with Gasteiger partial charge in [-0.25, -0.2) is 0 Å². The van der Waals surface area contributed by atoms with E-state index in [1.54, 1.807) is 6.26 Å². The maximum absolute atomic E-state index is 5.73. The fourth-order valence-corrected chi connectivity index (χ4v) is 1.84. The van der Waals surface area contributed by atoms with Crippen LogP contribution in [0.5, 0.6) is 0 Å². The first-order valence-corrected chi connectivity index (χ1v) is 6.02. The summed E-state index contributed by atoms with van der Waals surface area (Å²) < 4.78 is 10.5. The number of hydrogen-bond acceptors (Lipinski definition) is 5. The number of nitrogens with two attached hydrogens (primary N) is 1. The lowest BCUT2D eigenvalue weighted by Crippen LogP contribution is -1.90. The van der Waals surface area contributed by atoms with Crippen LogP contribution in [0.15, 0.2) is 51.6 Å². The highest BCUT2D eigenvalue weighted by atomic mass is 16.5. The largest absolute Gasteiger partial charge is 0.469 e. The minimum atomic E-state index is 0.557. The van der Waals surface area contributed by atoms with Gasteiger partial charge in [0, 0.05) is 24.1 Å². The fourth-order valence-electron chi connectivity index (χ4n) is 1.84. The van der Waals surface area contributed by atoms with Crippen LogP contribution in [-0.2, 0) is 12.8 Å². The maximum atomic E-state index is 5.73. The van der Waals surface area contributed by atoms with E-state index < -0.39 is 0 Å². The summed E-state index contributed by atoms with van der Waals surface area (Å²) in [5, 5.41) is 3.96. The minimum Gasteiger partial charge on any atom is -0.469 e. The zero-order chi connectivity index (χ0) is 13.1. The van der Waals surface area contributed by atoms with Crippen molar-refractivity contribution in [2.45, 2.75) is 12.8 Å². The first kappa shape index (κ1) is 11.5. The van der Waals surface area contributed by atoms with Crippen molar-refractivity contribution in [3.05, 3.63) is 54.3 Å². The third-order valence-electron chi connectivity index (χ3n) is 2.78. The molecule has 1 aromatic carbocycles. The van der Waals surface area contributed by atoms with Crippen molar-refractivity contribution < 1.29 is 8.94 Å². The van der Waals surface area contributed by atoms with Crippen molar-refractivity contribution in [2.75, 3.05) is 5.73 Å². The number of rotatable bonds is 4. The third kappa shape index (κ3) is 2.65. The van der Waals surface area contributed by atoms with Crippen LogP contribution in [-0.4, -0.2) is 10.1 Å². The van der Waals surface area contributed by atoms with E-state index >= 15 is 0 Å². The molecule has 2 N–H and O–H groups in total. The second kappa shape index (κ2) is 4.97. The number of nitrogens with zero attached hydrogens (tertiary/aromatic N) is 2. The smallest absolute Gasteiger partial charge is 0.227 e. The van der Waals surface area contributed by atoms with E-state index in [0.29, 0.717) is 23.8 Å². The van der Waals surface area contributed by atoms with E-state index in [1.807, 2.05) is 36.4 Å². The number of aryl methyl sites for hydroxylation is 2. The molecule has 0 amide bonds. The molecule has 19 heavy (non-hydrogen) atoms. The SMILES string of the molecule is Nc1cccc(-c2noc(CCc3ccco3)n2)c1. The molecule has 0 bridgehead atoms. The van der Waals surface area contributed by atoms with Crippen molar-refractivity contribution in [2.24, 2.45) is 0 Å². The molecule has 5 heteroatoms. The summed E-state index contributed by atoms with van der Waals surface area (Å²) in [6, 6.07) is 11.2. The highest BCUT2D eigenvalue weighted by molar-refractivity contribution is 5.60. The average molecular weight is 255 g/mol. The molecule has 0 unspecified atom stereocenters. The van der Waals surface area contributed by atoms with Gasteiger partial charge in [0.15, 0.2) is 0 Å². The average Bonchev–Trinajstić information content (AvgIpc) is 3.08. The Kier molecular flexibility index (Phi) is 3.02. The highest BCUT2D eigenvalue weighted by Gasteiger charge is 2.09. The molecule has 0 saturated heterocycles. The quantitative estimate of drug-likeness (QED) is 0.725. The Bertz CT molecular complexity index is 659. The Morgan fingerprint density at radius 3 is 2.84 bits per heavy atom. The van der Waals surface area contributed by atoms with Crippen LogP contribution in [0.3, 0.4) is 0 Å². The molecular formula is C14H13N3O2. The lowest BCUT2D eigenvalue weighted by Gasteiger charge is -1.95. The molecule has 2 aromatic heterocycles. The summed E-state index contributed by atoms with van der Waals surface area (Å²) in [5.74, 6) is 2.05. The number of furan rings is 1. The highest BCUT2D eigenvalue weighted by Crippen LogP contribution is 2.18. The Balaban J connectivity index is 1.72. The van der Waals surface area contributed by atoms with Gasteiger partial charge < -0.3 is 14.7 Å². The predicted molar refractivity (Wildman–Crippen MR) is 70.3 cm³/mol. The van der Waals surface area contributed by atoms with Gasteiger partial charge in [0.05, 0.1) is 6.26 Å². The zero-order valence-electron chi connectivity index (χ0n) is 10.2. The van der Waals surface area contributed by atoms with Crippen LogP contribution in [0.25, 0.3) is 11.4 Å². The van der Waals surface area contributed by atoms with Gasteiger partial charge in [0.2, 0.25) is 11.7 Å². The van der Waals surface area contributed by atoms with Crippen molar-refractivity contribution in [3.8, 4) is 11.4 Å². The number of anilines is 1. The minimum absolute atomic E-state index is 0.557. The molecule has 0 radical (unpaired) electrons. The summed E-state index contributed by atoms with van der Waals surface area (Å²) >= 11 is 0. The summed E-state index contributed by atoms with van der Waals surface area (Å²) in [6.07, 6.45) is 3.05. The maximum Gasteiger partial charge on any atom is 0.227 e. The molecule has 96 valence electrons. The molecular weight excluding hydrogens is 242 g/mol. The van der Waals surface area contributed by atoms with Crippen LogP contribution in [0.4, 0.5) is 5.69 Å². The van der Waals surface area contributed by atoms with E-state index in [-0.39, 0.29) is 0 Å². The van der Waals surface area contributed by atoms with Crippen molar-refractivity contribution in [1.29, 1.82) is 0 Å². The molecule has 3 aromatic rings. The summed E-state index contributed by atoms with van der Waals surface area (Å²) in [6.45, 7) is 0. The lowest BCUT2D eigenvalue weighted by molar-refractivity contribution is 0.374. The van der Waals surface area contributed by atoms with Gasteiger partial charge in [0.1, 0.15) is 5.76 Å². The number of benzene rings is 1. The monoisotopic (exact) mass is 255 g/mol. The van der Waals surface area contributed by atoms with E-state index in [2.05, 4.69) is 10.1 Å². The molecule has 0 fully saturated rings. The van der Waals surface area contributed by atoms with Gasteiger partial charge >= 0.3 is 0 Å². The second-order valence-corrected chi connectivity index (χ2v) is 4.22. The van der Waals surface area contributed by atoms with Crippen LogP contribution in [0, 0.1) is 0 Å². The third-order valence-corrected chi connectivity index (χ3v) is 2.78. The van der Waals surface area contributed by atoms with Gasteiger partial charge in [-0.05, 0) is 24.3 Å². The van der Waals surface area contributed by atoms with Gasteiger partial charge in [-0.15, -0.1) is 0 Å². The van der Waals surface area contributed by atoms with Crippen molar-refractivity contribution >= 4 is 5.69 Å². The molecule has 2 heterocycles. The second-order valence-electron chi connectivity index (χ2n) is 4.22. The Hall–Kier alpha value is -2.56. The van der Waals surface area contributed by atoms with E-state index in [4.69, 9.17) is 14.7 Å². The van der Waals surface area contributed by atoms with Gasteiger partial charge in [0.25, 0.3) is 0 Å². The molecule has 0 saturated carbocycles. The first-order chi connectivity index (χ1) is 9.31. The summed E-state index contributed by atoms with van der Waals surface area (Å²) in [7, 11) is 0. The molecule has 0 aliphatic rings. The van der Waals surface area contributed by atoms with Crippen molar-refractivity contribution in [3.63, 3.8) is 0 Å². The number of nitrogen functional groups attached to an aromatic ring is 1. The van der Waals surface area contributed by atoms with Crippen LogP contribution in [0.1, 0.15) is 11.7 Å². The molecule has 0 aliphatic heterocycles. The summed E-state index contributed by atoms with van der Waals surface area (Å²) in [5.41, 5.74) is 7.26. The molecule has 0 spiro atoms. The van der Waals surface area contributed by atoms with Gasteiger partial charge in [-0.1, -0.05) is 17.3 Å². The molecule has 5 nitrogen and oxygen atoms in total. The normalized spacial score (nSPS) is 10.7. The molecule has 0 aliphatic carbocycles. The topological polar surface area (TPSA) is 78.1 Å². The number of aromatic nitrogens is 2. The van der Waals surface area contributed by atoms with Crippen LogP contribution in [0.2, 0.25) is 0 Å². The predicted octanol–water partition coefficient (Wildman–Crippen LogP) is 2.70. The number of hydrogen-bond donors (Lipinski definition) is 1. The van der Waals surface area contributed by atoms with Crippen LogP contribution >= 0.6 is 0 Å². The van der Waals surface area contributed by atoms with Gasteiger partial charge in [-0.3, -0.25) is 0 Å². The van der Waals surface area contributed by atoms with Crippen LogP contribution < -0.4 is 5.73 Å². The van der Waals surface area contributed by atoms with E-state index in [1.165, 1.54) is 0 Å². The fraction of sp³-hybridized carbons (Fsp3) is 0.143. The Morgan fingerprint density at radius 1 is 1.11 bits per heavy atom. The van der Waals surface area contributed by atoms with Gasteiger partial charge in [-0.2, -0.15) is 4.98 Å². The van der Waals surface area contributed by atoms with Crippen molar-refractivity contribution in [1.82, 2.24) is 10.1 Å². The standard InChI is InChI=1S/C14H13N3O2/c15-11-4-1-3-10(9-11)14-16-13(19-17-14)7-6-12-5-2-8-18-12/h1-5,8-9H,6-7,15H2.